The molecule has 0 aliphatic heterocycles. The summed E-state index contributed by atoms with van der Waals surface area (Å²) in [6.45, 7) is 7.82. The smallest absolute Gasteiger partial charge is 0.243 e. The summed E-state index contributed by atoms with van der Waals surface area (Å²) in [4.78, 5) is 15.2. The lowest BCUT2D eigenvalue weighted by Gasteiger charge is -2.58. The summed E-state index contributed by atoms with van der Waals surface area (Å²) < 4.78 is 18.9. The maximum absolute atomic E-state index is 13.3. The third-order valence-corrected chi connectivity index (χ3v) is 5.96. The van der Waals surface area contributed by atoms with Gasteiger partial charge in [0.05, 0.1) is 6.10 Å². The van der Waals surface area contributed by atoms with Gasteiger partial charge in [0.25, 0.3) is 0 Å². The van der Waals surface area contributed by atoms with Gasteiger partial charge >= 0.3 is 0 Å². The number of rotatable bonds is 7. The molecule has 0 radical (unpaired) electrons. The van der Waals surface area contributed by atoms with Crippen molar-refractivity contribution in [1.82, 2.24) is 4.90 Å². The van der Waals surface area contributed by atoms with Gasteiger partial charge in [0.2, 0.25) is 5.91 Å². The van der Waals surface area contributed by atoms with Gasteiger partial charge in [-0.2, -0.15) is 0 Å². The van der Waals surface area contributed by atoms with Gasteiger partial charge < -0.3 is 15.4 Å². The van der Waals surface area contributed by atoms with E-state index in [1.807, 2.05) is 25.7 Å². The number of amides is 1. The molecule has 2 N–H and O–H groups in total. The van der Waals surface area contributed by atoms with Crippen LogP contribution in [0.1, 0.15) is 45.6 Å². The third kappa shape index (κ3) is 3.44. The fourth-order valence-electron chi connectivity index (χ4n) is 3.72. The Balaban J connectivity index is 1.76. The Hall–Kier alpha value is -1.46. The van der Waals surface area contributed by atoms with Crippen molar-refractivity contribution in [1.29, 1.82) is 0 Å². The van der Waals surface area contributed by atoms with Gasteiger partial charge in [0.1, 0.15) is 11.4 Å². The fourth-order valence-corrected chi connectivity index (χ4v) is 3.72. The fraction of sp³-hybridized carbons (Fsp3) is 0.650. The zero-order valence-corrected chi connectivity index (χ0v) is 15.4. The molecule has 1 amide bonds. The summed E-state index contributed by atoms with van der Waals surface area (Å²) >= 11 is 0. The summed E-state index contributed by atoms with van der Waals surface area (Å²) in [7, 11) is 0. The first-order chi connectivity index (χ1) is 11.8. The van der Waals surface area contributed by atoms with Crippen LogP contribution in [0.4, 0.5) is 4.39 Å². The van der Waals surface area contributed by atoms with Crippen molar-refractivity contribution in [3.8, 4) is 0 Å². The molecule has 5 heteroatoms. The van der Waals surface area contributed by atoms with Crippen LogP contribution in [0.2, 0.25) is 0 Å². The Bertz CT molecular complexity index is 627. The molecule has 2 aliphatic carbocycles. The van der Waals surface area contributed by atoms with Crippen molar-refractivity contribution in [2.45, 2.75) is 58.2 Å². The second kappa shape index (κ2) is 6.69. The van der Waals surface area contributed by atoms with Gasteiger partial charge in [-0.25, -0.2) is 4.39 Å². The van der Waals surface area contributed by atoms with Crippen LogP contribution in [0.3, 0.4) is 0 Å². The highest BCUT2D eigenvalue weighted by Crippen LogP contribution is 2.51. The molecule has 3 rings (SSSR count). The number of benzene rings is 1. The average molecular weight is 348 g/mol. The maximum Gasteiger partial charge on any atom is 0.243 e. The average Bonchev–Trinajstić information content (AvgIpc) is 3.39. The van der Waals surface area contributed by atoms with Crippen LogP contribution in [0.5, 0.6) is 0 Å². The van der Waals surface area contributed by atoms with Crippen LogP contribution in [-0.2, 0) is 16.1 Å². The zero-order chi connectivity index (χ0) is 18.2. The van der Waals surface area contributed by atoms with E-state index >= 15 is 0 Å². The number of nitrogens with zero attached hydrogens (tertiary/aromatic N) is 1. The lowest BCUT2D eigenvalue weighted by Crippen LogP contribution is -2.76. The second-order valence-electron chi connectivity index (χ2n) is 8.10. The summed E-state index contributed by atoms with van der Waals surface area (Å²) in [6.07, 6.45) is 2.89. The number of ether oxygens (including phenoxy) is 1. The maximum atomic E-state index is 13.3. The molecule has 2 atom stereocenters. The molecule has 138 valence electrons. The molecule has 2 aliphatic rings. The molecule has 0 aromatic heterocycles. The van der Waals surface area contributed by atoms with Gasteiger partial charge in [-0.15, -0.1) is 0 Å². The topological polar surface area (TPSA) is 55.6 Å². The first kappa shape index (κ1) is 18.3. The van der Waals surface area contributed by atoms with Crippen molar-refractivity contribution < 1.29 is 13.9 Å². The molecule has 2 fully saturated rings. The van der Waals surface area contributed by atoms with Crippen LogP contribution < -0.4 is 5.73 Å². The van der Waals surface area contributed by atoms with Crippen molar-refractivity contribution in [2.24, 2.45) is 17.1 Å². The predicted octanol–water partition coefficient (Wildman–Crippen LogP) is 3.10. The highest BCUT2D eigenvalue weighted by atomic mass is 19.1. The lowest BCUT2D eigenvalue weighted by molar-refractivity contribution is -0.180. The van der Waals surface area contributed by atoms with Gasteiger partial charge in [0.15, 0.2) is 0 Å². The Labute approximate surface area is 149 Å². The van der Waals surface area contributed by atoms with E-state index in [9.17, 15) is 9.18 Å². The van der Waals surface area contributed by atoms with E-state index in [1.54, 1.807) is 12.1 Å². The SMILES string of the molecule is CCOC1CC(N)(C(=O)N(Cc2ccc(F)cc2)CC2CC2)C1(C)C. The Kier molecular flexibility index (Phi) is 4.91. The molecule has 0 heterocycles. The summed E-state index contributed by atoms with van der Waals surface area (Å²) in [5, 5.41) is 0. The van der Waals surface area contributed by atoms with Crippen molar-refractivity contribution in [3.63, 3.8) is 0 Å². The van der Waals surface area contributed by atoms with Gasteiger partial charge in [0, 0.05) is 31.5 Å². The van der Waals surface area contributed by atoms with Crippen LogP contribution in [-0.4, -0.2) is 35.6 Å². The molecule has 25 heavy (non-hydrogen) atoms. The van der Waals surface area contributed by atoms with Crippen molar-refractivity contribution in [2.75, 3.05) is 13.2 Å². The van der Waals surface area contributed by atoms with Crippen LogP contribution in [0.25, 0.3) is 0 Å². The Morgan fingerprint density at radius 3 is 2.48 bits per heavy atom. The minimum Gasteiger partial charge on any atom is -0.378 e. The molecule has 0 spiro atoms. The van der Waals surface area contributed by atoms with E-state index < -0.39 is 11.0 Å². The quantitative estimate of drug-likeness (QED) is 0.824. The van der Waals surface area contributed by atoms with Crippen molar-refractivity contribution in [3.05, 3.63) is 35.6 Å². The lowest BCUT2D eigenvalue weighted by atomic mass is 9.54. The van der Waals surface area contributed by atoms with E-state index in [4.69, 9.17) is 10.5 Å². The number of halogens is 1. The number of carbonyl (C=O) groups excluding carboxylic acids is 1. The largest absolute Gasteiger partial charge is 0.378 e. The monoisotopic (exact) mass is 348 g/mol. The predicted molar refractivity (Wildman–Crippen MR) is 95.3 cm³/mol. The number of nitrogens with two attached hydrogens (primary N) is 1. The van der Waals surface area contributed by atoms with E-state index in [1.165, 1.54) is 12.1 Å². The van der Waals surface area contributed by atoms with E-state index in [2.05, 4.69) is 0 Å². The summed E-state index contributed by atoms with van der Waals surface area (Å²) in [5.41, 5.74) is 6.22. The van der Waals surface area contributed by atoms with E-state index in [0.717, 1.165) is 24.9 Å². The van der Waals surface area contributed by atoms with E-state index in [-0.39, 0.29) is 17.8 Å². The molecular formula is C20H29FN2O2. The minimum absolute atomic E-state index is 0.00956. The third-order valence-electron chi connectivity index (χ3n) is 5.96. The number of hydrogen-bond acceptors (Lipinski definition) is 3. The first-order valence-electron chi connectivity index (χ1n) is 9.22. The van der Waals surface area contributed by atoms with Crippen molar-refractivity contribution >= 4 is 5.91 Å². The molecule has 1 aromatic rings. The summed E-state index contributed by atoms with van der Waals surface area (Å²) in [5.74, 6) is 0.294. The van der Waals surface area contributed by atoms with Gasteiger partial charge in [-0.05, 0) is 43.4 Å². The molecule has 0 bridgehead atoms. The summed E-state index contributed by atoms with van der Waals surface area (Å²) in [6, 6.07) is 6.35. The van der Waals surface area contributed by atoms with Crippen LogP contribution in [0.15, 0.2) is 24.3 Å². The molecule has 1 aromatic carbocycles. The Morgan fingerprint density at radius 2 is 1.96 bits per heavy atom. The zero-order valence-electron chi connectivity index (χ0n) is 15.4. The van der Waals surface area contributed by atoms with Gasteiger partial charge in [-0.1, -0.05) is 26.0 Å². The number of carbonyl (C=O) groups is 1. The Morgan fingerprint density at radius 1 is 1.32 bits per heavy atom. The van der Waals surface area contributed by atoms with Gasteiger partial charge in [-0.3, -0.25) is 4.79 Å². The molecule has 2 unspecified atom stereocenters. The van der Waals surface area contributed by atoms with Crippen LogP contribution >= 0.6 is 0 Å². The molecule has 4 nitrogen and oxygen atoms in total. The van der Waals surface area contributed by atoms with Crippen LogP contribution in [0, 0.1) is 17.2 Å². The highest BCUT2D eigenvalue weighted by molar-refractivity contribution is 5.89. The first-order valence-corrected chi connectivity index (χ1v) is 9.22. The van der Waals surface area contributed by atoms with E-state index in [0.29, 0.717) is 25.5 Å². The standard InChI is InChI=1S/C20H29FN2O2/c1-4-25-17-11-20(22,19(17,2)3)18(24)23(12-14-5-6-14)13-15-7-9-16(21)10-8-15/h7-10,14,17H,4-6,11-13,22H2,1-3H3. The number of hydrogen-bond donors (Lipinski definition) is 1. The highest BCUT2D eigenvalue weighted by Gasteiger charge is 2.63. The molecule has 0 saturated heterocycles. The molecule has 2 saturated carbocycles. The minimum atomic E-state index is -0.901. The second-order valence-corrected chi connectivity index (χ2v) is 8.10. The normalized spacial score (nSPS) is 27.6. The molecular weight excluding hydrogens is 319 g/mol.